The number of ether oxygens (including phenoxy) is 1. The van der Waals surface area contributed by atoms with Crippen LogP contribution in [0.4, 0.5) is 0 Å². The first kappa shape index (κ1) is 32.2. The van der Waals surface area contributed by atoms with Crippen LogP contribution < -0.4 is 9.46 Å². The van der Waals surface area contributed by atoms with Crippen molar-refractivity contribution in [2.45, 2.75) is 87.1 Å². The molecule has 13 heteroatoms. The molecule has 1 aromatic heterocycles. The Kier molecular flexibility index (Phi) is 7.58. The molecule has 11 nitrogen and oxygen atoms in total. The van der Waals surface area contributed by atoms with Gasteiger partial charge in [0.1, 0.15) is 10.5 Å². The third kappa shape index (κ3) is 4.71. The molecular formula is C35H45N5O6S2. The van der Waals surface area contributed by atoms with Crippen molar-refractivity contribution in [3.05, 3.63) is 53.1 Å². The molecule has 2 bridgehead atoms. The molecule has 4 fully saturated rings. The summed E-state index contributed by atoms with van der Waals surface area (Å²) in [5.74, 6) is 0.0763. The number of amides is 1. The Hall–Kier alpha value is -2.97. The average molecular weight is 696 g/mol. The van der Waals surface area contributed by atoms with Crippen LogP contribution in [-0.2, 0) is 26.8 Å². The largest absolute Gasteiger partial charge is 0.497 e. The quantitative estimate of drug-likeness (QED) is 0.374. The van der Waals surface area contributed by atoms with Crippen molar-refractivity contribution < 1.29 is 26.4 Å². The lowest BCUT2D eigenvalue weighted by atomic mass is 9.81. The monoisotopic (exact) mass is 695 g/mol. The number of carbonyl (C=O) groups excluding carboxylic acids is 1. The fourth-order valence-electron chi connectivity index (χ4n) is 9.33. The van der Waals surface area contributed by atoms with Crippen molar-refractivity contribution in [3.8, 4) is 17.0 Å². The van der Waals surface area contributed by atoms with E-state index in [-0.39, 0.29) is 36.0 Å². The minimum absolute atomic E-state index is 0.0174. The third-order valence-corrected chi connectivity index (χ3v) is 16.0. The van der Waals surface area contributed by atoms with Gasteiger partial charge in [-0.15, -0.1) is 0 Å². The van der Waals surface area contributed by atoms with E-state index in [4.69, 9.17) is 4.74 Å². The number of likely N-dealkylation sites (tertiary alicyclic amines) is 1. The molecular weight excluding hydrogens is 651 g/mol. The van der Waals surface area contributed by atoms with E-state index in [1.165, 1.54) is 26.1 Å². The molecule has 4 unspecified atom stereocenters. The number of hydrogen-bond acceptors (Lipinski definition) is 7. The molecule has 1 N–H and O–H groups in total. The Labute approximate surface area is 283 Å². The Morgan fingerprint density at radius 3 is 2.46 bits per heavy atom. The lowest BCUT2D eigenvalue weighted by Gasteiger charge is -2.35. The summed E-state index contributed by atoms with van der Waals surface area (Å²) < 4.78 is 67.0. The highest BCUT2D eigenvalue weighted by Gasteiger charge is 2.69. The summed E-state index contributed by atoms with van der Waals surface area (Å²) in [6.07, 6.45) is 6.91. The minimum atomic E-state index is -4.00. The lowest BCUT2D eigenvalue weighted by Crippen LogP contribution is -2.52. The minimum Gasteiger partial charge on any atom is -0.497 e. The Morgan fingerprint density at radius 2 is 1.79 bits per heavy atom. The molecule has 1 amide bonds. The Bertz CT molecular complexity index is 2040. The molecule has 0 radical (unpaired) electrons. The highest BCUT2D eigenvalue weighted by atomic mass is 32.2. The molecule has 258 valence electrons. The van der Waals surface area contributed by atoms with Gasteiger partial charge in [-0.1, -0.05) is 32.3 Å². The van der Waals surface area contributed by atoms with Gasteiger partial charge in [0.05, 0.1) is 12.8 Å². The maximum Gasteiger partial charge on any atom is 0.303 e. The summed E-state index contributed by atoms with van der Waals surface area (Å²) in [7, 11) is -3.37. The number of benzene rings is 2. The van der Waals surface area contributed by atoms with E-state index in [1.54, 1.807) is 19.2 Å². The standard InChI is InChI=1S/C35H45N5O6S2/c1-5-38-19-25-16-24(38)20-40(25)47(42,43)35-18-30(35)29-17-26(46-4)12-14-27(29)33-32(22-9-7-6-8-10-22)28-13-11-23(15-31(28)39(33)21-35)34(41)36-48(44,45)37(2)3/h11-15,17,22,24-25,30H,5-10,16,18-21H2,1-4H3,(H,36,41). The molecule has 4 heterocycles. The first-order valence-corrected chi connectivity index (χ1v) is 20.1. The number of methoxy groups -OCH3 is 1. The fraction of sp³-hybridized carbons (Fsp3) is 0.571. The van der Waals surface area contributed by atoms with Gasteiger partial charge in [-0.2, -0.15) is 17.0 Å². The van der Waals surface area contributed by atoms with E-state index < -0.39 is 30.9 Å². The zero-order chi connectivity index (χ0) is 33.7. The molecule has 0 spiro atoms. The van der Waals surface area contributed by atoms with Gasteiger partial charge >= 0.3 is 10.2 Å². The molecule has 5 aliphatic rings. The van der Waals surface area contributed by atoms with Crippen LogP contribution in [0, 0.1) is 0 Å². The maximum absolute atomic E-state index is 15.0. The number of likely N-dealkylation sites (N-methyl/N-ethyl adjacent to an activating group) is 1. The zero-order valence-corrected chi connectivity index (χ0v) is 29.7. The summed E-state index contributed by atoms with van der Waals surface area (Å²) in [5.41, 5.74) is 5.24. The number of nitrogens with zero attached hydrogens (tertiary/aromatic N) is 4. The molecule has 3 aromatic rings. The van der Waals surface area contributed by atoms with E-state index in [0.29, 0.717) is 18.7 Å². The zero-order valence-electron chi connectivity index (χ0n) is 28.1. The number of fused-ring (bicyclic) bond motifs is 9. The number of aromatic nitrogens is 1. The van der Waals surface area contributed by atoms with Crippen LogP contribution in [-0.4, -0.2) is 98.5 Å². The molecule has 2 saturated carbocycles. The van der Waals surface area contributed by atoms with Crippen LogP contribution >= 0.6 is 0 Å². The molecule has 48 heavy (non-hydrogen) atoms. The van der Waals surface area contributed by atoms with Crippen LogP contribution in [0.15, 0.2) is 36.4 Å². The highest BCUT2D eigenvalue weighted by Crippen LogP contribution is 2.64. The van der Waals surface area contributed by atoms with Crippen molar-refractivity contribution in [3.63, 3.8) is 0 Å². The number of sulfonamides is 1. The number of rotatable bonds is 8. The first-order valence-electron chi connectivity index (χ1n) is 17.2. The van der Waals surface area contributed by atoms with E-state index in [2.05, 4.69) is 27.2 Å². The van der Waals surface area contributed by atoms with Gasteiger partial charge < -0.3 is 9.30 Å². The summed E-state index contributed by atoms with van der Waals surface area (Å²) in [5, 5.41) is 0.996. The lowest BCUT2D eigenvalue weighted by molar-refractivity contribution is 0.0979. The van der Waals surface area contributed by atoms with Crippen molar-refractivity contribution in [1.29, 1.82) is 0 Å². The number of hydrogen-bond donors (Lipinski definition) is 1. The van der Waals surface area contributed by atoms with Crippen LogP contribution in [0.3, 0.4) is 0 Å². The van der Waals surface area contributed by atoms with E-state index in [1.807, 2.05) is 22.5 Å². The summed E-state index contributed by atoms with van der Waals surface area (Å²) in [6, 6.07) is 11.7. The predicted molar refractivity (Wildman–Crippen MR) is 185 cm³/mol. The van der Waals surface area contributed by atoms with E-state index in [9.17, 15) is 13.2 Å². The number of piperazine rings is 1. The van der Waals surface area contributed by atoms with E-state index >= 15 is 8.42 Å². The molecule has 4 atom stereocenters. The normalized spacial score (nSPS) is 27.5. The number of nitrogens with one attached hydrogen (secondary N) is 1. The van der Waals surface area contributed by atoms with Gasteiger partial charge in [-0.25, -0.2) is 13.1 Å². The highest BCUT2D eigenvalue weighted by molar-refractivity contribution is 7.91. The van der Waals surface area contributed by atoms with Crippen LogP contribution in [0.2, 0.25) is 0 Å². The van der Waals surface area contributed by atoms with Crippen molar-refractivity contribution in [2.24, 2.45) is 0 Å². The van der Waals surface area contributed by atoms with Crippen molar-refractivity contribution in [2.75, 3.05) is 40.8 Å². The van der Waals surface area contributed by atoms with Crippen LogP contribution in [0.5, 0.6) is 5.75 Å². The summed E-state index contributed by atoms with van der Waals surface area (Å²) in [6.45, 7) is 4.62. The molecule has 2 aliphatic carbocycles. The van der Waals surface area contributed by atoms with Gasteiger partial charge in [0.2, 0.25) is 10.0 Å². The molecule has 8 rings (SSSR count). The number of carbonyl (C=O) groups is 1. The first-order chi connectivity index (χ1) is 22.9. The maximum atomic E-state index is 15.0. The second-order valence-electron chi connectivity index (χ2n) is 14.6. The second kappa shape index (κ2) is 11.3. The molecule has 2 aromatic carbocycles. The Morgan fingerprint density at radius 1 is 1.02 bits per heavy atom. The van der Waals surface area contributed by atoms with Crippen LogP contribution in [0.25, 0.3) is 22.2 Å². The smallest absolute Gasteiger partial charge is 0.303 e. The van der Waals surface area contributed by atoms with Gasteiger partial charge in [-0.05, 0) is 79.6 Å². The van der Waals surface area contributed by atoms with Crippen molar-refractivity contribution in [1.82, 2.24) is 22.8 Å². The third-order valence-electron chi connectivity index (χ3n) is 12.0. The van der Waals surface area contributed by atoms with Gasteiger partial charge in [0.25, 0.3) is 5.91 Å². The predicted octanol–water partition coefficient (Wildman–Crippen LogP) is 4.25. The average Bonchev–Trinajstić information content (AvgIpc) is 3.32. The van der Waals surface area contributed by atoms with Gasteiger partial charge in [0, 0.05) is 73.8 Å². The SMILES string of the molecule is CCN1CC2CC1CN2S(=O)(=O)C12CC1c1cc(OC)ccc1-c1c(C3CCCCC3)c3ccc(C(=O)NS(=O)(=O)N(C)C)cc3n1C2. The molecule has 3 aliphatic heterocycles. The Balaban J connectivity index is 1.33. The fourth-order valence-corrected chi connectivity index (χ4v) is 12.4. The van der Waals surface area contributed by atoms with Gasteiger partial charge in [-0.3, -0.25) is 9.69 Å². The topological polar surface area (TPSA) is 121 Å². The summed E-state index contributed by atoms with van der Waals surface area (Å²) in [4.78, 5) is 15.8. The summed E-state index contributed by atoms with van der Waals surface area (Å²) >= 11 is 0. The van der Waals surface area contributed by atoms with Crippen LogP contribution in [0.1, 0.15) is 85.2 Å². The second-order valence-corrected chi connectivity index (χ2v) is 18.7. The van der Waals surface area contributed by atoms with E-state index in [0.717, 1.165) is 77.2 Å². The van der Waals surface area contributed by atoms with Gasteiger partial charge in [0.15, 0.2) is 0 Å². The molecule has 2 saturated heterocycles. The van der Waals surface area contributed by atoms with Crippen molar-refractivity contribution >= 4 is 37.0 Å².